The predicted molar refractivity (Wildman–Crippen MR) is 278 cm³/mol. The van der Waals surface area contributed by atoms with Crippen LogP contribution in [0.2, 0.25) is 0 Å². The molecule has 3 atom stereocenters. The van der Waals surface area contributed by atoms with Gasteiger partial charge in [-0.15, -0.1) is 0 Å². The Hall–Kier alpha value is -5.95. The van der Waals surface area contributed by atoms with Crippen LogP contribution in [0.25, 0.3) is 11.0 Å². The number of aromatic nitrogens is 2. The lowest BCUT2D eigenvalue weighted by Crippen LogP contribution is -2.54. The van der Waals surface area contributed by atoms with Gasteiger partial charge >= 0.3 is 0 Å². The first-order valence-corrected chi connectivity index (χ1v) is 27.7. The Labute approximate surface area is 427 Å². The topological polar surface area (TPSA) is 205 Å². The highest BCUT2D eigenvalue weighted by atomic mass is 32.2. The summed E-state index contributed by atoms with van der Waals surface area (Å²) in [5, 5.41) is 27.0. The van der Waals surface area contributed by atoms with Gasteiger partial charge in [0.15, 0.2) is 17.2 Å². The second-order valence-corrected chi connectivity index (χ2v) is 24.1. The zero-order valence-corrected chi connectivity index (χ0v) is 43.1. The van der Waals surface area contributed by atoms with E-state index in [0.717, 1.165) is 62.6 Å². The maximum atomic E-state index is 14.5. The zero-order valence-electron chi connectivity index (χ0n) is 42.3. The Morgan fingerprint density at radius 3 is 2.49 bits per heavy atom. The molecular weight excluding hydrogens is 949 g/mol. The second kappa shape index (κ2) is 19.4. The van der Waals surface area contributed by atoms with E-state index in [0.29, 0.717) is 55.9 Å². The summed E-state index contributed by atoms with van der Waals surface area (Å²) in [7, 11) is -2.68. The molecule has 5 fully saturated rings. The van der Waals surface area contributed by atoms with Crippen LogP contribution in [0.5, 0.6) is 23.1 Å². The third kappa shape index (κ3) is 9.95. The molecule has 0 unspecified atom stereocenters. The fourth-order valence-corrected chi connectivity index (χ4v) is 13.8. The highest BCUT2D eigenvalue weighted by molar-refractivity contribution is 7.90. The summed E-state index contributed by atoms with van der Waals surface area (Å²) in [5.41, 5.74) is 3.40. The molecule has 1 spiro atoms. The van der Waals surface area contributed by atoms with Crippen molar-refractivity contribution in [3.05, 3.63) is 99.7 Å². The molecular formula is C55H68N8O9S. The number of nitro groups is 1. The van der Waals surface area contributed by atoms with Crippen molar-refractivity contribution in [2.75, 3.05) is 56.6 Å². The summed E-state index contributed by atoms with van der Waals surface area (Å²) in [6.07, 6.45) is 11.8. The van der Waals surface area contributed by atoms with E-state index in [2.05, 4.69) is 67.8 Å². The molecule has 4 aliphatic heterocycles. The van der Waals surface area contributed by atoms with Crippen molar-refractivity contribution in [1.29, 1.82) is 0 Å². The summed E-state index contributed by atoms with van der Waals surface area (Å²) >= 11 is 0. The number of carbonyl (C=O) groups is 1. The predicted octanol–water partition coefficient (Wildman–Crippen LogP) is 9.29. The quantitative estimate of drug-likeness (QED) is 0.0641. The van der Waals surface area contributed by atoms with Gasteiger partial charge in [0.1, 0.15) is 24.1 Å². The molecule has 17 nitrogen and oxygen atoms in total. The number of sulfonamides is 1. The molecule has 2 saturated carbocycles. The number of nitrogens with one attached hydrogen (secondary N) is 3. The first kappa shape index (κ1) is 49.3. The molecule has 0 radical (unpaired) electrons. The number of H-pyrrole nitrogens is 1. The molecule has 2 aromatic heterocycles. The lowest BCUT2D eigenvalue weighted by Gasteiger charge is -2.56. The number of benzene rings is 3. The van der Waals surface area contributed by atoms with E-state index in [1.54, 1.807) is 24.4 Å². The van der Waals surface area contributed by atoms with Crippen molar-refractivity contribution in [1.82, 2.24) is 24.5 Å². The largest absolute Gasteiger partial charge is 0.489 e. The number of rotatable bonds is 13. The van der Waals surface area contributed by atoms with Gasteiger partial charge in [-0.3, -0.25) is 19.8 Å². The number of aliphatic hydroxyl groups is 1. The number of aromatic amines is 1. The molecule has 73 heavy (non-hydrogen) atoms. The number of hydrogen-bond donors (Lipinski definition) is 4. The van der Waals surface area contributed by atoms with Crippen molar-refractivity contribution in [2.45, 2.75) is 132 Å². The van der Waals surface area contributed by atoms with Gasteiger partial charge in [0, 0.05) is 73.7 Å². The van der Waals surface area contributed by atoms with Gasteiger partial charge in [0.2, 0.25) is 0 Å². The first-order valence-electron chi connectivity index (χ1n) is 26.3. The summed E-state index contributed by atoms with van der Waals surface area (Å²) < 4.78 is 49.8. The zero-order chi connectivity index (χ0) is 50.8. The van der Waals surface area contributed by atoms with E-state index in [1.807, 2.05) is 26.1 Å². The minimum atomic E-state index is -4.72. The monoisotopic (exact) mass is 1020 g/mol. The van der Waals surface area contributed by atoms with E-state index in [1.165, 1.54) is 42.9 Å². The molecule has 11 rings (SSSR count). The Balaban J connectivity index is 0.846. The van der Waals surface area contributed by atoms with Crippen LogP contribution in [-0.4, -0.2) is 114 Å². The van der Waals surface area contributed by atoms with E-state index in [-0.39, 0.29) is 64.5 Å². The number of pyridine rings is 1. The van der Waals surface area contributed by atoms with Crippen LogP contribution in [0.4, 0.5) is 17.1 Å². The number of hydrogen-bond acceptors (Lipinski definition) is 14. The van der Waals surface area contributed by atoms with Gasteiger partial charge in [0.05, 0.1) is 27.0 Å². The SMILES string of the molecule is CC(C)c1ccccc1[C@H]1CCCN1C1CC2(CCN(c3ccc(C(=O)NS(=O)(=O)c4cc5c(c([N+](=O)[O-])c4)N[C@@H]([C@H]4CC[C@](C)(O)CC4)CO5)c(Oc4cc5cc[nH]c5nc4O[C@H]4CCN(C)C4)c3)CC2)C1. The van der Waals surface area contributed by atoms with Crippen LogP contribution in [0.1, 0.15) is 125 Å². The molecule has 4 N–H and O–H groups in total. The van der Waals surface area contributed by atoms with E-state index in [4.69, 9.17) is 19.2 Å². The number of piperidine rings is 1. The highest BCUT2D eigenvalue weighted by Crippen LogP contribution is 2.55. The fourth-order valence-electron chi connectivity index (χ4n) is 12.8. The minimum Gasteiger partial charge on any atom is -0.489 e. The van der Waals surface area contributed by atoms with Gasteiger partial charge in [-0.2, -0.15) is 4.98 Å². The van der Waals surface area contributed by atoms with Crippen molar-refractivity contribution in [3.8, 4) is 23.1 Å². The average Bonchev–Trinajstić information content (AvgIpc) is 4.14. The van der Waals surface area contributed by atoms with Crippen molar-refractivity contribution >= 4 is 44.0 Å². The summed E-state index contributed by atoms with van der Waals surface area (Å²) in [4.78, 5) is 41.0. The van der Waals surface area contributed by atoms with Crippen LogP contribution < -0.4 is 29.1 Å². The van der Waals surface area contributed by atoms with Crippen LogP contribution >= 0.6 is 0 Å². The Bertz CT molecular complexity index is 3010. The summed E-state index contributed by atoms with van der Waals surface area (Å²) in [6, 6.07) is 20.7. The van der Waals surface area contributed by atoms with Crippen LogP contribution in [0, 0.1) is 21.4 Å². The Morgan fingerprint density at radius 1 is 0.973 bits per heavy atom. The van der Waals surface area contributed by atoms with E-state index < -0.39 is 37.0 Å². The molecule has 3 saturated heterocycles. The lowest BCUT2D eigenvalue weighted by atomic mass is 9.59. The van der Waals surface area contributed by atoms with Crippen molar-refractivity contribution in [3.63, 3.8) is 0 Å². The molecule has 3 aromatic carbocycles. The highest BCUT2D eigenvalue weighted by Gasteiger charge is 2.50. The molecule has 18 heteroatoms. The first-order chi connectivity index (χ1) is 35.0. The minimum absolute atomic E-state index is 0.00326. The third-order valence-electron chi connectivity index (χ3n) is 17.0. The number of amides is 1. The number of nitrogens with zero attached hydrogens (tertiary/aromatic N) is 5. The molecule has 1 amide bonds. The standard InChI is InChI=1S/C55H68N8O9S/c1-34(2)41-8-5-6-9-42(41)45-10-7-22-62(45)38-30-55(31-38)19-24-61(25-20-55)37-11-12-43(47(27-37)72-49-26-36-15-21-56-51(36)58-53(49)71-39-16-23-60(4)32-39)52(64)59-73(68,69)40-28-46(63(66)67)50-48(29-40)70-33-44(57-50)35-13-17-54(3,65)18-14-35/h5-6,8-9,11-12,15,21,26-29,34-35,38-39,44-45,57,65H,7,10,13-14,16-20,22-25,30-33H2,1-4H3,(H,56,58)(H,59,64)/t35-,39-,44+,45+,54-/m0/s1. The second-order valence-electron chi connectivity index (χ2n) is 22.4. The van der Waals surface area contributed by atoms with Crippen molar-refractivity contribution in [2.24, 2.45) is 11.3 Å². The maximum Gasteiger partial charge on any atom is 0.297 e. The average molecular weight is 1020 g/mol. The molecule has 5 aromatic rings. The number of nitro benzene ring substituents is 1. The van der Waals surface area contributed by atoms with Gasteiger partial charge in [0.25, 0.3) is 27.5 Å². The number of likely N-dealkylation sites (tertiary alicyclic amines) is 2. The number of likely N-dealkylation sites (N-methyl/N-ethyl adjacent to an activating group) is 1. The molecule has 0 bridgehead atoms. The molecule has 2 aliphatic carbocycles. The number of carbonyl (C=O) groups excluding carboxylic acids is 1. The van der Waals surface area contributed by atoms with Crippen LogP contribution in [0.15, 0.2) is 77.8 Å². The normalized spacial score (nSPS) is 25.5. The summed E-state index contributed by atoms with van der Waals surface area (Å²) in [5.74, 6) is 0.182. The number of anilines is 2. The van der Waals surface area contributed by atoms with Gasteiger partial charge in [-0.1, -0.05) is 38.1 Å². The van der Waals surface area contributed by atoms with Crippen LogP contribution in [-0.2, 0) is 10.0 Å². The van der Waals surface area contributed by atoms with Gasteiger partial charge in [-0.05, 0) is 144 Å². The lowest BCUT2D eigenvalue weighted by molar-refractivity contribution is -0.384. The number of fused-ring (bicyclic) bond motifs is 2. The Morgan fingerprint density at radius 2 is 1.75 bits per heavy atom. The molecule has 388 valence electrons. The molecule has 6 heterocycles. The summed E-state index contributed by atoms with van der Waals surface area (Å²) in [6.45, 7) is 10.8. The fraction of sp³-hybridized carbons (Fsp3) is 0.527. The number of ether oxygens (including phenoxy) is 3. The van der Waals surface area contributed by atoms with Gasteiger partial charge in [-0.25, -0.2) is 13.1 Å². The van der Waals surface area contributed by atoms with Crippen molar-refractivity contribution < 1.29 is 37.5 Å². The smallest absolute Gasteiger partial charge is 0.297 e. The third-order valence-corrected chi connectivity index (χ3v) is 18.3. The Kier molecular flexibility index (Phi) is 13.1. The van der Waals surface area contributed by atoms with E-state index in [9.17, 15) is 28.4 Å². The maximum absolute atomic E-state index is 14.5. The van der Waals surface area contributed by atoms with E-state index >= 15 is 0 Å². The molecule has 6 aliphatic rings. The van der Waals surface area contributed by atoms with Crippen LogP contribution in [0.3, 0.4) is 0 Å². The van der Waals surface area contributed by atoms with Gasteiger partial charge < -0.3 is 39.4 Å².